The summed E-state index contributed by atoms with van der Waals surface area (Å²) in [6, 6.07) is 0. The van der Waals surface area contributed by atoms with Gasteiger partial charge in [0.15, 0.2) is 23.5 Å². The van der Waals surface area contributed by atoms with Crippen molar-refractivity contribution in [2.45, 2.75) is 84.4 Å². The van der Waals surface area contributed by atoms with E-state index in [-0.39, 0.29) is 11.2 Å². The molecule has 7 nitrogen and oxygen atoms in total. The van der Waals surface area contributed by atoms with Crippen LogP contribution in [-0.4, -0.2) is 55.9 Å². The number of carbonyl (C=O) groups is 2. The van der Waals surface area contributed by atoms with E-state index in [1.54, 1.807) is 0 Å². The first kappa shape index (κ1) is 21.7. The molecule has 0 aromatic rings. The molecule has 3 rings (SSSR count). The van der Waals surface area contributed by atoms with Crippen molar-refractivity contribution < 1.29 is 33.3 Å². The van der Waals surface area contributed by atoms with Crippen molar-refractivity contribution in [2.75, 3.05) is 26.4 Å². The predicted octanol–water partition coefficient (Wildman–Crippen LogP) is 2.99. The number of hydrogen-bond donors (Lipinski definition) is 0. The summed E-state index contributed by atoms with van der Waals surface area (Å²) in [5.74, 6) is -1.95. The molecule has 1 aliphatic carbocycles. The molecule has 3 aliphatic rings. The summed E-state index contributed by atoms with van der Waals surface area (Å²) in [4.78, 5) is 25.0. The molecule has 160 valence electrons. The summed E-state index contributed by atoms with van der Waals surface area (Å²) in [6.07, 6.45) is 1.73. The average molecular weight is 398 g/mol. The number of hydrogen-bond acceptors (Lipinski definition) is 7. The molecular weight excluding hydrogens is 364 g/mol. The van der Waals surface area contributed by atoms with Crippen molar-refractivity contribution in [1.82, 2.24) is 0 Å². The van der Waals surface area contributed by atoms with E-state index in [1.165, 1.54) is 6.92 Å². The van der Waals surface area contributed by atoms with Crippen LogP contribution in [0.4, 0.5) is 0 Å². The summed E-state index contributed by atoms with van der Waals surface area (Å²) in [5.41, 5.74) is -0.966. The molecule has 0 aromatic carbocycles. The molecule has 2 atom stereocenters. The lowest BCUT2D eigenvalue weighted by atomic mass is 9.65. The summed E-state index contributed by atoms with van der Waals surface area (Å²) in [6.45, 7) is 11.5. The molecule has 28 heavy (non-hydrogen) atoms. The second-order valence-electron chi connectivity index (χ2n) is 9.74. The molecule has 1 spiro atoms. The fourth-order valence-electron chi connectivity index (χ4n) is 5.02. The van der Waals surface area contributed by atoms with Gasteiger partial charge in [0.1, 0.15) is 0 Å². The van der Waals surface area contributed by atoms with Gasteiger partial charge in [-0.3, -0.25) is 9.59 Å². The summed E-state index contributed by atoms with van der Waals surface area (Å²) >= 11 is 0. The third-order valence-corrected chi connectivity index (χ3v) is 6.14. The molecule has 2 unspecified atom stereocenters. The molecule has 7 heteroatoms. The van der Waals surface area contributed by atoms with Crippen molar-refractivity contribution in [3.8, 4) is 0 Å². The van der Waals surface area contributed by atoms with Crippen molar-refractivity contribution in [3.05, 3.63) is 0 Å². The Balaban J connectivity index is 1.92. The SMILES string of the molecule is CC(=O)OC1C(=O)CC(C)(C)CC2(CC1(C)CCC1(C)OCCO1)OCCO2. The molecule has 2 aliphatic heterocycles. The number of rotatable bonds is 4. The maximum absolute atomic E-state index is 13.2. The highest BCUT2D eigenvalue weighted by Gasteiger charge is 2.55. The van der Waals surface area contributed by atoms with Gasteiger partial charge in [0, 0.05) is 38.0 Å². The predicted molar refractivity (Wildman–Crippen MR) is 100 cm³/mol. The third kappa shape index (κ3) is 4.75. The van der Waals surface area contributed by atoms with Gasteiger partial charge >= 0.3 is 5.97 Å². The van der Waals surface area contributed by atoms with Gasteiger partial charge in [-0.2, -0.15) is 0 Å². The molecule has 2 heterocycles. The maximum atomic E-state index is 13.2. The van der Waals surface area contributed by atoms with Crippen LogP contribution in [0.25, 0.3) is 0 Å². The Kier molecular flexibility index (Phi) is 5.94. The van der Waals surface area contributed by atoms with Crippen LogP contribution in [0.1, 0.15) is 66.7 Å². The average Bonchev–Trinajstić information content (AvgIpc) is 3.19. The Morgan fingerprint density at radius 3 is 2.11 bits per heavy atom. The van der Waals surface area contributed by atoms with E-state index < -0.39 is 29.1 Å². The highest BCUT2D eigenvalue weighted by atomic mass is 16.7. The zero-order chi connectivity index (χ0) is 20.6. The van der Waals surface area contributed by atoms with E-state index in [9.17, 15) is 9.59 Å². The highest BCUT2D eigenvalue weighted by Crippen LogP contribution is 2.50. The molecule has 0 bridgehead atoms. The van der Waals surface area contributed by atoms with E-state index in [1.807, 2.05) is 27.7 Å². The van der Waals surface area contributed by atoms with Crippen LogP contribution in [0, 0.1) is 10.8 Å². The molecule has 3 fully saturated rings. The van der Waals surface area contributed by atoms with E-state index in [2.05, 4.69) is 0 Å². The lowest BCUT2D eigenvalue weighted by Crippen LogP contribution is -2.53. The molecule has 0 amide bonds. The number of carbonyl (C=O) groups excluding carboxylic acids is 2. The van der Waals surface area contributed by atoms with Crippen LogP contribution in [0.3, 0.4) is 0 Å². The highest BCUT2D eigenvalue weighted by molar-refractivity contribution is 5.86. The lowest BCUT2D eigenvalue weighted by molar-refractivity contribution is -0.223. The first-order valence-corrected chi connectivity index (χ1v) is 10.2. The monoisotopic (exact) mass is 398 g/mol. The van der Waals surface area contributed by atoms with E-state index in [0.717, 1.165) is 0 Å². The Morgan fingerprint density at radius 2 is 1.54 bits per heavy atom. The van der Waals surface area contributed by atoms with Gasteiger partial charge in [-0.15, -0.1) is 0 Å². The van der Waals surface area contributed by atoms with Crippen molar-refractivity contribution in [2.24, 2.45) is 10.8 Å². The van der Waals surface area contributed by atoms with E-state index in [0.29, 0.717) is 58.5 Å². The van der Waals surface area contributed by atoms with Gasteiger partial charge in [-0.1, -0.05) is 20.8 Å². The third-order valence-electron chi connectivity index (χ3n) is 6.14. The Labute approximate surface area is 167 Å². The summed E-state index contributed by atoms with van der Waals surface area (Å²) < 4.78 is 29.3. The van der Waals surface area contributed by atoms with Crippen LogP contribution >= 0.6 is 0 Å². The molecule has 0 aromatic heterocycles. The van der Waals surface area contributed by atoms with E-state index in [4.69, 9.17) is 23.7 Å². The van der Waals surface area contributed by atoms with Crippen LogP contribution < -0.4 is 0 Å². The number of ether oxygens (including phenoxy) is 5. The standard InChI is InChI=1S/C21H34O7/c1-15(22)28-17-16(23)12-18(2,3)13-21(26-10-11-27-21)14-19(17,4)6-7-20(5)24-8-9-25-20/h17H,6-14H2,1-5H3. The first-order valence-electron chi connectivity index (χ1n) is 10.2. The van der Waals surface area contributed by atoms with Gasteiger partial charge < -0.3 is 23.7 Å². The quantitative estimate of drug-likeness (QED) is 0.674. The van der Waals surface area contributed by atoms with Crippen molar-refractivity contribution >= 4 is 11.8 Å². The fourth-order valence-corrected chi connectivity index (χ4v) is 5.02. The van der Waals surface area contributed by atoms with E-state index >= 15 is 0 Å². The van der Waals surface area contributed by atoms with Crippen molar-refractivity contribution in [1.29, 1.82) is 0 Å². The molecule has 2 saturated heterocycles. The minimum absolute atomic E-state index is 0.0473. The molecule has 0 radical (unpaired) electrons. The Bertz CT molecular complexity index is 602. The van der Waals surface area contributed by atoms with Crippen molar-refractivity contribution in [3.63, 3.8) is 0 Å². The van der Waals surface area contributed by atoms with Crippen LogP contribution in [0.15, 0.2) is 0 Å². The first-order chi connectivity index (χ1) is 13.0. The van der Waals surface area contributed by atoms with Crippen LogP contribution in [-0.2, 0) is 33.3 Å². The second kappa shape index (κ2) is 7.67. The Hall–Kier alpha value is -1.02. The normalized spacial score (nSPS) is 34.2. The topological polar surface area (TPSA) is 80.3 Å². The van der Waals surface area contributed by atoms with Gasteiger partial charge in [-0.25, -0.2) is 0 Å². The number of ketones is 1. The second-order valence-corrected chi connectivity index (χ2v) is 9.74. The van der Waals surface area contributed by atoms with Crippen LogP contribution in [0.5, 0.6) is 0 Å². The van der Waals surface area contributed by atoms with Gasteiger partial charge in [0.05, 0.1) is 26.4 Å². The summed E-state index contributed by atoms with van der Waals surface area (Å²) in [7, 11) is 0. The zero-order valence-corrected chi connectivity index (χ0v) is 17.8. The Morgan fingerprint density at radius 1 is 0.964 bits per heavy atom. The minimum Gasteiger partial charge on any atom is -0.454 e. The molecule has 0 N–H and O–H groups in total. The largest absolute Gasteiger partial charge is 0.454 e. The van der Waals surface area contributed by atoms with Crippen LogP contribution in [0.2, 0.25) is 0 Å². The summed E-state index contributed by atoms with van der Waals surface area (Å²) in [5, 5.41) is 0. The maximum Gasteiger partial charge on any atom is 0.303 e. The smallest absolute Gasteiger partial charge is 0.303 e. The number of Topliss-reactive ketones (excluding diaryl/α,β-unsaturated/α-hetero) is 1. The van der Waals surface area contributed by atoms with Gasteiger partial charge in [0.2, 0.25) is 0 Å². The molecule has 1 saturated carbocycles. The minimum atomic E-state index is -0.848. The number of esters is 1. The zero-order valence-electron chi connectivity index (χ0n) is 17.8. The fraction of sp³-hybridized carbons (Fsp3) is 0.905. The lowest BCUT2D eigenvalue weighted by Gasteiger charge is -2.47. The molecular formula is C21H34O7. The van der Waals surface area contributed by atoms with Gasteiger partial charge in [-0.05, 0) is 18.8 Å². The van der Waals surface area contributed by atoms with Gasteiger partial charge in [0.25, 0.3) is 0 Å².